The van der Waals surface area contributed by atoms with Crippen molar-refractivity contribution in [1.82, 2.24) is 0 Å². The molecule has 1 heteroatoms. The van der Waals surface area contributed by atoms with Crippen LogP contribution in [0.2, 0.25) is 0 Å². The Morgan fingerprint density at radius 3 is 3.00 bits per heavy atom. The molecule has 52 valence electrons. The Kier molecular flexibility index (Phi) is 2.29. The van der Waals surface area contributed by atoms with E-state index in [1.54, 1.807) is 0 Å². The van der Waals surface area contributed by atoms with E-state index < -0.39 is 0 Å². The normalized spacial score (nSPS) is 34.8. The van der Waals surface area contributed by atoms with E-state index in [1.165, 1.54) is 6.42 Å². The summed E-state index contributed by atoms with van der Waals surface area (Å²) in [7, 11) is 0. The van der Waals surface area contributed by atoms with Gasteiger partial charge < -0.3 is 4.74 Å². The third-order valence-electron chi connectivity index (χ3n) is 1.97. The molecule has 0 aliphatic carbocycles. The van der Waals surface area contributed by atoms with E-state index in [2.05, 4.69) is 13.5 Å². The molecule has 0 aromatic carbocycles. The second kappa shape index (κ2) is 3.02. The van der Waals surface area contributed by atoms with Gasteiger partial charge in [0, 0.05) is 12.5 Å². The van der Waals surface area contributed by atoms with E-state index >= 15 is 0 Å². The Morgan fingerprint density at radius 1 is 1.78 bits per heavy atom. The van der Waals surface area contributed by atoms with Crippen molar-refractivity contribution in [3.8, 4) is 0 Å². The fourth-order valence-corrected chi connectivity index (χ4v) is 1.36. The Balaban J connectivity index is 2.41. The van der Waals surface area contributed by atoms with Gasteiger partial charge in [-0.25, -0.2) is 0 Å². The Labute approximate surface area is 56.7 Å². The summed E-state index contributed by atoms with van der Waals surface area (Å²) in [6.07, 6.45) is 4.77. The largest absolute Gasteiger partial charge is 0.378 e. The van der Waals surface area contributed by atoms with Crippen LogP contribution < -0.4 is 0 Å². The molecule has 0 N–H and O–H groups in total. The zero-order valence-electron chi connectivity index (χ0n) is 5.97. The maximum absolute atomic E-state index is 5.43. The highest BCUT2D eigenvalue weighted by Crippen LogP contribution is 2.23. The molecule has 0 aromatic rings. The SMILES string of the molecule is C=C[C@@H]1CCO[C@H]1CC. The second-order valence-electron chi connectivity index (χ2n) is 2.51. The average molecular weight is 126 g/mol. The van der Waals surface area contributed by atoms with E-state index in [0.29, 0.717) is 12.0 Å². The lowest BCUT2D eigenvalue weighted by Gasteiger charge is -2.10. The van der Waals surface area contributed by atoms with Gasteiger partial charge in [-0.2, -0.15) is 0 Å². The zero-order valence-corrected chi connectivity index (χ0v) is 5.97. The maximum Gasteiger partial charge on any atom is 0.0635 e. The van der Waals surface area contributed by atoms with E-state index in [4.69, 9.17) is 4.74 Å². The summed E-state index contributed by atoms with van der Waals surface area (Å²) in [5, 5.41) is 0. The lowest BCUT2D eigenvalue weighted by Crippen LogP contribution is -2.11. The molecule has 1 saturated heterocycles. The van der Waals surface area contributed by atoms with E-state index in [-0.39, 0.29) is 0 Å². The van der Waals surface area contributed by atoms with Gasteiger partial charge in [0.05, 0.1) is 6.10 Å². The predicted molar refractivity (Wildman–Crippen MR) is 38.3 cm³/mol. The van der Waals surface area contributed by atoms with E-state index in [0.717, 1.165) is 13.0 Å². The highest BCUT2D eigenvalue weighted by atomic mass is 16.5. The van der Waals surface area contributed by atoms with Crippen LogP contribution in [0.25, 0.3) is 0 Å². The molecule has 1 nitrogen and oxygen atoms in total. The third kappa shape index (κ3) is 1.33. The molecule has 0 saturated carbocycles. The smallest absolute Gasteiger partial charge is 0.0635 e. The molecule has 1 fully saturated rings. The van der Waals surface area contributed by atoms with Crippen molar-refractivity contribution in [2.75, 3.05) is 6.61 Å². The van der Waals surface area contributed by atoms with Gasteiger partial charge >= 0.3 is 0 Å². The molecule has 0 bridgehead atoms. The predicted octanol–water partition coefficient (Wildman–Crippen LogP) is 1.99. The molecule has 9 heavy (non-hydrogen) atoms. The first-order valence-electron chi connectivity index (χ1n) is 3.62. The number of hydrogen-bond donors (Lipinski definition) is 0. The number of rotatable bonds is 2. The van der Waals surface area contributed by atoms with Gasteiger partial charge in [-0.05, 0) is 12.8 Å². The number of ether oxygens (including phenoxy) is 1. The Hall–Kier alpha value is -0.300. The van der Waals surface area contributed by atoms with Crippen LogP contribution in [0.4, 0.5) is 0 Å². The van der Waals surface area contributed by atoms with Gasteiger partial charge in [-0.3, -0.25) is 0 Å². The summed E-state index contributed by atoms with van der Waals surface area (Å²) in [5.74, 6) is 0.620. The third-order valence-corrected chi connectivity index (χ3v) is 1.97. The molecule has 0 aromatic heterocycles. The molecule has 0 spiro atoms. The van der Waals surface area contributed by atoms with Crippen LogP contribution in [0.5, 0.6) is 0 Å². The topological polar surface area (TPSA) is 9.23 Å². The van der Waals surface area contributed by atoms with Crippen LogP contribution in [-0.4, -0.2) is 12.7 Å². The van der Waals surface area contributed by atoms with Gasteiger partial charge in [0.1, 0.15) is 0 Å². The molecule has 1 aliphatic rings. The van der Waals surface area contributed by atoms with Crippen LogP contribution in [-0.2, 0) is 4.74 Å². The van der Waals surface area contributed by atoms with Crippen LogP contribution in [0.15, 0.2) is 12.7 Å². The van der Waals surface area contributed by atoms with Crippen molar-refractivity contribution in [1.29, 1.82) is 0 Å². The Bertz CT molecular complexity index is 98.7. The summed E-state index contributed by atoms with van der Waals surface area (Å²) in [6.45, 7) is 6.85. The minimum absolute atomic E-state index is 0.461. The van der Waals surface area contributed by atoms with E-state index in [1.807, 2.05) is 6.08 Å². The van der Waals surface area contributed by atoms with Gasteiger partial charge in [0.25, 0.3) is 0 Å². The van der Waals surface area contributed by atoms with Crippen molar-refractivity contribution in [2.24, 2.45) is 5.92 Å². The lowest BCUT2D eigenvalue weighted by atomic mass is 10.0. The first kappa shape index (κ1) is 6.81. The van der Waals surface area contributed by atoms with Crippen LogP contribution in [0.3, 0.4) is 0 Å². The molecule has 1 heterocycles. The summed E-state index contributed by atoms with van der Waals surface area (Å²) in [5.41, 5.74) is 0. The highest BCUT2D eigenvalue weighted by Gasteiger charge is 2.23. The van der Waals surface area contributed by atoms with Crippen molar-refractivity contribution >= 4 is 0 Å². The fraction of sp³-hybridized carbons (Fsp3) is 0.750. The van der Waals surface area contributed by atoms with Crippen molar-refractivity contribution < 1.29 is 4.74 Å². The lowest BCUT2D eigenvalue weighted by molar-refractivity contribution is 0.0961. The minimum atomic E-state index is 0.461. The summed E-state index contributed by atoms with van der Waals surface area (Å²) < 4.78 is 5.43. The first-order valence-corrected chi connectivity index (χ1v) is 3.62. The van der Waals surface area contributed by atoms with Gasteiger partial charge in [0.2, 0.25) is 0 Å². The van der Waals surface area contributed by atoms with Gasteiger partial charge in [-0.1, -0.05) is 13.0 Å². The summed E-state index contributed by atoms with van der Waals surface area (Å²) >= 11 is 0. The fourth-order valence-electron chi connectivity index (χ4n) is 1.36. The molecule has 0 radical (unpaired) electrons. The summed E-state index contributed by atoms with van der Waals surface area (Å²) in [4.78, 5) is 0. The number of hydrogen-bond acceptors (Lipinski definition) is 1. The van der Waals surface area contributed by atoms with Gasteiger partial charge in [0.15, 0.2) is 0 Å². The van der Waals surface area contributed by atoms with Crippen LogP contribution in [0.1, 0.15) is 19.8 Å². The molecule has 1 rings (SSSR count). The zero-order chi connectivity index (χ0) is 6.69. The quantitative estimate of drug-likeness (QED) is 0.514. The molecule has 0 amide bonds. The average Bonchev–Trinajstić information content (AvgIpc) is 2.33. The highest BCUT2D eigenvalue weighted by molar-refractivity contribution is 4.88. The molecule has 0 unspecified atom stereocenters. The first-order chi connectivity index (χ1) is 4.38. The van der Waals surface area contributed by atoms with Crippen molar-refractivity contribution in [3.05, 3.63) is 12.7 Å². The van der Waals surface area contributed by atoms with Crippen LogP contribution in [0, 0.1) is 5.92 Å². The monoisotopic (exact) mass is 126 g/mol. The van der Waals surface area contributed by atoms with Gasteiger partial charge in [-0.15, -0.1) is 6.58 Å². The minimum Gasteiger partial charge on any atom is -0.378 e. The molecule has 1 aliphatic heterocycles. The maximum atomic E-state index is 5.43. The Morgan fingerprint density at radius 2 is 2.56 bits per heavy atom. The molecular weight excluding hydrogens is 112 g/mol. The van der Waals surface area contributed by atoms with Crippen LogP contribution >= 0.6 is 0 Å². The molecular formula is C8H14O. The standard InChI is InChI=1S/C8H14O/c1-3-7-5-6-9-8(7)4-2/h3,7-8H,1,4-6H2,2H3/t7-,8+/m1/s1. The summed E-state index contributed by atoms with van der Waals surface area (Å²) in [6, 6.07) is 0. The molecule has 2 atom stereocenters. The second-order valence-corrected chi connectivity index (χ2v) is 2.51. The van der Waals surface area contributed by atoms with Crippen molar-refractivity contribution in [3.63, 3.8) is 0 Å². The van der Waals surface area contributed by atoms with E-state index in [9.17, 15) is 0 Å². The van der Waals surface area contributed by atoms with Crippen molar-refractivity contribution in [2.45, 2.75) is 25.9 Å².